The quantitative estimate of drug-likeness (QED) is 0.418. The number of halogens is 2. The van der Waals surface area contributed by atoms with E-state index in [1.807, 2.05) is 26.0 Å². The molecule has 1 aliphatic carbocycles. The van der Waals surface area contributed by atoms with E-state index in [1.165, 1.54) is 4.90 Å². The Hall–Kier alpha value is -2.29. The molecular formula is C27H35Cl2N3O4S. The van der Waals surface area contributed by atoms with Crippen molar-refractivity contribution in [2.75, 3.05) is 17.1 Å². The molecule has 0 spiro atoms. The molecule has 37 heavy (non-hydrogen) atoms. The molecule has 0 heterocycles. The SMILES string of the molecule is CC(C)c1ccc(N(CC(=O)N(Cc2ccc(Cl)c(Cl)c2)C(C)C(=O)NC2CCCC2)S(C)(=O)=O)cc1. The molecule has 1 atom stereocenters. The van der Waals surface area contributed by atoms with E-state index in [0.717, 1.165) is 41.8 Å². The standard InChI is InChI=1S/C27H35Cl2N3O4S/c1-18(2)21-10-12-23(13-11-21)32(37(4,35)36)17-26(33)31(16-20-9-14-24(28)25(29)15-20)19(3)27(34)30-22-7-5-6-8-22/h9-15,18-19,22H,5-8,16-17H2,1-4H3,(H,30,34). The lowest BCUT2D eigenvalue weighted by atomic mass is 10.0. The monoisotopic (exact) mass is 567 g/mol. The molecule has 2 aromatic rings. The maximum atomic E-state index is 13.7. The van der Waals surface area contributed by atoms with Gasteiger partial charge in [0.25, 0.3) is 0 Å². The molecule has 0 radical (unpaired) electrons. The summed E-state index contributed by atoms with van der Waals surface area (Å²) in [4.78, 5) is 28.2. The highest BCUT2D eigenvalue weighted by atomic mass is 35.5. The maximum absolute atomic E-state index is 13.7. The van der Waals surface area contributed by atoms with E-state index < -0.39 is 28.5 Å². The fraction of sp³-hybridized carbons (Fsp3) is 0.481. The number of hydrogen-bond acceptors (Lipinski definition) is 4. The highest BCUT2D eigenvalue weighted by Crippen LogP contribution is 2.26. The summed E-state index contributed by atoms with van der Waals surface area (Å²) in [5, 5.41) is 3.75. The molecule has 1 saturated carbocycles. The van der Waals surface area contributed by atoms with Crippen LogP contribution < -0.4 is 9.62 Å². The fourth-order valence-electron chi connectivity index (χ4n) is 4.45. The summed E-state index contributed by atoms with van der Waals surface area (Å²) in [6, 6.07) is 11.4. The van der Waals surface area contributed by atoms with Crippen molar-refractivity contribution >= 4 is 50.7 Å². The second-order valence-corrected chi connectivity index (χ2v) is 12.7. The zero-order valence-corrected chi connectivity index (χ0v) is 24.0. The van der Waals surface area contributed by atoms with Gasteiger partial charge in [-0.2, -0.15) is 0 Å². The first kappa shape index (κ1) is 29.3. The molecular weight excluding hydrogens is 533 g/mol. The van der Waals surface area contributed by atoms with Crippen LogP contribution in [-0.4, -0.2) is 50.0 Å². The van der Waals surface area contributed by atoms with Crippen molar-refractivity contribution in [1.29, 1.82) is 0 Å². The maximum Gasteiger partial charge on any atom is 0.244 e. The highest BCUT2D eigenvalue weighted by molar-refractivity contribution is 7.92. The minimum atomic E-state index is -3.78. The molecule has 7 nitrogen and oxygen atoms in total. The number of amides is 2. The predicted molar refractivity (Wildman–Crippen MR) is 150 cm³/mol. The molecule has 2 aromatic carbocycles. The van der Waals surface area contributed by atoms with Gasteiger partial charge in [-0.1, -0.05) is 68.1 Å². The predicted octanol–water partition coefficient (Wildman–Crippen LogP) is 5.36. The molecule has 0 saturated heterocycles. The molecule has 10 heteroatoms. The summed E-state index contributed by atoms with van der Waals surface area (Å²) in [5.74, 6) is -0.491. The zero-order chi connectivity index (χ0) is 27.3. The van der Waals surface area contributed by atoms with Crippen molar-refractivity contribution in [2.45, 2.75) is 71.0 Å². The van der Waals surface area contributed by atoms with Gasteiger partial charge in [-0.3, -0.25) is 13.9 Å². The minimum absolute atomic E-state index is 0.0683. The van der Waals surface area contributed by atoms with E-state index in [-0.39, 0.29) is 24.4 Å². The Morgan fingerprint density at radius 2 is 1.62 bits per heavy atom. The summed E-state index contributed by atoms with van der Waals surface area (Å²) in [5.41, 5.74) is 2.12. The van der Waals surface area contributed by atoms with Crippen LogP contribution in [0.15, 0.2) is 42.5 Å². The molecule has 0 bridgehead atoms. The average molecular weight is 569 g/mol. The third kappa shape index (κ3) is 7.85. The van der Waals surface area contributed by atoms with Crippen LogP contribution in [0.3, 0.4) is 0 Å². The molecule has 1 unspecified atom stereocenters. The van der Waals surface area contributed by atoms with Gasteiger partial charge in [0.1, 0.15) is 12.6 Å². The first-order valence-corrected chi connectivity index (χ1v) is 15.1. The number of nitrogens with zero attached hydrogens (tertiary/aromatic N) is 2. The van der Waals surface area contributed by atoms with Gasteiger partial charge in [0.05, 0.1) is 22.0 Å². The van der Waals surface area contributed by atoms with Crippen molar-refractivity contribution in [3.63, 3.8) is 0 Å². The van der Waals surface area contributed by atoms with Gasteiger partial charge < -0.3 is 10.2 Å². The highest BCUT2D eigenvalue weighted by Gasteiger charge is 2.31. The topological polar surface area (TPSA) is 86.8 Å². The largest absolute Gasteiger partial charge is 0.352 e. The Kier molecular flexibility index (Phi) is 9.89. The van der Waals surface area contributed by atoms with Crippen LogP contribution >= 0.6 is 23.2 Å². The molecule has 1 N–H and O–H groups in total. The van der Waals surface area contributed by atoms with Gasteiger partial charge in [0, 0.05) is 12.6 Å². The molecule has 0 aromatic heterocycles. The summed E-state index contributed by atoms with van der Waals surface area (Å²) < 4.78 is 26.5. The van der Waals surface area contributed by atoms with Gasteiger partial charge in [-0.25, -0.2) is 8.42 Å². The summed E-state index contributed by atoms with van der Waals surface area (Å²) in [7, 11) is -3.78. The molecule has 1 fully saturated rings. The van der Waals surface area contributed by atoms with E-state index >= 15 is 0 Å². The lowest BCUT2D eigenvalue weighted by Gasteiger charge is -2.32. The van der Waals surface area contributed by atoms with E-state index in [4.69, 9.17) is 23.2 Å². The van der Waals surface area contributed by atoms with Crippen molar-refractivity contribution in [2.24, 2.45) is 0 Å². The molecule has 202 valence electrons. The Morgan fingerprint density at radius 1 is 1.00 bits per heavy atom. The molecule has 2 amide bonds. The van der Waals surface area contributed by atoms with Crippen molar-refractivity contribution in [3.05, 3.63) is 63.6 Å². The number of rotatable bonds is 10. The Labute approximate surface area is 230 Å². The van der Waals surface area contributed by atoms with Gasteiger partial charge in [-0.15, -0.1) is 0 Å². The Bertz CT molecular complexity index is 1210. The van der Waals surface area contributed by atoms with E-state index in [0.29, 0.717) is 21.3 Å². The first-order valence-electron chi connectivity index (χ1n) is 12.5. The number of benzene rings is 2. The lowest BCUT2D eigenvalue weighted by Crippen LogP contribution is -2.52. The number of anilines is 1. The third-order valence-electron chi connectivity index (χ3n) is 6.73. The number of nitrogens with one attached hydrogen (secondary N) is 1. The van der Waals surface area contributed by atoms with Crippen LogP contribution in [-0.2, 0) is 26.2 Å². The first-order chi connectivity index (χ1) is 17.4. The number of hydrogen-bond donors (Lipinski definition) is 1. The lowest BCUT2D eigenvalue weighted by molar-refractivity contribution is -0.139. The molecule has 3 rings (SSSR count). The van der Waals surface area contributed by atoms with Crippen molar-refractivity contribution < 1.29 is 18.0 Å². The summed E-state index contributed by atoms with van der Waals surface area (Å²) in [6.45, 7) is 5.38. The number of carbonyl (C=O) groups excluding carboxylic acids is 2. The van der Waals surface area contributed by atoms with E-state index in [2.05, 4.69) is 5.32 Å². The van der Waals surface area contributed by atoms with Crippen LogP contribution in [0.4, 0.5) is 5.69 Å². The summed E-state index contributed by atoms with van der Waals surface area (Å²) >= 11 is 12.2. The second kappa shape index (κ2) is 12.5. The van der Waals surface area contributed by atoms with Crippen LogP contribution in [0.25, 0.3) is 0 Å². The van der Waals surface area contributed by atoms with Crippen molar-refractivity contribution in [1.82, 2.24) is 10.2 Å². The fourth-order valence-corrected chi connectivity index (χ4v) is 5.62. The average Bonchev–Trinajstić information content (AvgIpc) is 3.35. The van der Waals surface area contributed by atoms with E-state index in [1.54, 1.807) is 37.3 Å². The van der Waals surface area contributed by atoms with Gasteiger partial charge >= 0.3 is 0 Å². The number of sulfonamides is 1. The van der Waals surface area contributed by atoms with Crippen LogP contribution in [0.5, 0.6) is 0 Å². The van der Waals surface area contributed by atoms with Gasteiger partial charge in [0.15, 0.2) is 0 Å². The van der Waals surface area contributed by atoms with Gasteiger partial charge in [0.2, 0.25) is 21.8 Å². The molecule has 1 aliphatic rings. The Morgan fingerprint density at radius 3 is 2.16 bits per heavy atom. The Balaban J connectivity index is 1.89. The second-order valence-electron chi connectivity index (χ2n) is 9.95. The van der Waals surface area contributed by atoms with Crippen LogP contribution in [0, 0.1) is 0 Å². The van der Waals surface area contributed by atoms with Crippen LogP contribution in [0.1, 0.15) is 63.5 Å². The van der Waals surface area contributed by atoms with Crippen molar-refractivity contribution in [3.8, 4) is 0 Å². The van der Waals surface area contributed by atoms with Gasteiger partial charge in [-0.05, 0) is 61.1 Å². The smallest absolute Gasteiger partial charge is 0.244 e. The normalized spacial score (nSPS) is 15.0. The molecule has 0 aliphatic heterocycles. The zero-order valence-electron chi connectivity index (χ0n) is 21.7. The minimum Gasteiger partial charge on any atom is -0.352 e. The van der Waals surface area contributed by atoms with E-state index in [9.17, 15) is 18.0 Å². The van der Waals surface area contributed by atoms with Crippen LogP contribution in [0.2, 0.25) is 10.0 Å². The summed E-state index contributed by atoms with van der Waals surface area (Å²) in [6.07, 6.45) is 5.01. The third-order valence-corrected chi connectivity index (χ3v) is 8.61. The number of carbonyl (C=O) groups is 2.